The molecule has 18 heavy (non-hydrogen) atoms. The molecule has 1 aliphatic carbocycles. The Bertz CT molecular complexity index is 294. The number of carbonyl (C=O) groups is 1. The summed E-state index contributed by atoms with van der Waals surface area (Å²) in [6, 6.07) is 0. The molecule has 0 bridgehead atoms. The Morgan fingerprint density at radius 1 is 1.28 bits per heavy atom. The first kappa shape index (κ1) is 13.8. The van der Waals surface area contributed by atoms with Gasteiger partial charge in [0.1, 0.15) is 0 Å². The number of nitrogens with one attached hydrogen (secondary N) is 1. The summed E-state index contributed by atoms with van der Waals surface area (Å²) in [5.74, 6) is 0.162. The van der Waals surface area contributed by atoms with Gasteiger partial charge in [-0.2, -0.15) is 0 Å². The Labute approximate surface area is 110 Å². The Kier molecular flexibility index (Phi) is 4.28. The quantitative estimate of drug-likeness (QED) is 0.780. The molecule has 2 fully saturated rings. The minimum atomic E-state index is 0.0688. The molecule has 3 N–H and O–H groups in total. The van der Waals surface area contributed by atoms with E-state index in [4.69, 9.17) is 10.5 Å². The molecule has 104 valence electrons. The topological polar surface area (TPSA) is 64.4 Å². The molecular weight excluding hydrogens is 228 g/mol. The lowest BCUT2D eigenvalue weighted by Gasteiger charge is -2.39. The van der Waals surface area contributed by atoms with E-state index in [0.717, 1.165) is 32.6 Å². The fourth-order valence-electron chi connectivity index (χ4n) is 3.02. The second-order valence-electron chi connectivity index (χ2n) is 6.52. The zero-order valence-electron chi connectivity index (χ0n) is 11.5. The number of nitrogens with two attached hydrogens (primary N) is 1. The van der Waals surface area contributed by atoms with E-state index in [1.54, 1.807) is 0 Å². The monoisotopic (exact) mass is 254 g/mol. The van der Waals surface area contributed by atoms with Gasteiger partial charge < -0.3 is 15.8 Å². The van der Waals surface area contributed by atoms with Crippen molar-refractivity contribution in [3.05, 3.63) is 0 Å². The van der Waals surface area contributed by atoms with Crippen LogP contribution in [0.3, 0.4) is 0 Å². The lowest BCUT2D eigenvalue weighted by molar-refractivity contribution is -0.129. The van der Waals surface area contributed by atoms with Gasteiger partial charge in [0.2, 0.25) is 5.91 Å². The second kappa shape index (κ2) is 5.57. The number of rotatable bonds is 5. The normalized spacial score (nSPS) is 25.2. The SMILES string of the molecule is CC1(CNC(=O)CC2(CN)CCCCC2)COC1. The van der Waals surface area contributed by atoms with E-state index in [9.17, 15) is 4.79 Å². The van der Waals surface area contributed by atoms with Gasteiger partial charge >= 0.3 is 0 Å². The Morgan fingerprint density at radius 3 is 2.44 bits per heavy atom. The van der Waals surface area contributed by atoms with Crippen LogP contribution in [0.1, 0.15) is 45.4 Å². The van der Waals surface area contributed by atoms with Gasteiger partial charge in [0.05, 0.1) is 13.2 Å². The summed E-state index contributed by atoms with van der Waals surface area (Å²) in [7, 11) is 0. The van der Waals surface area contributed by atoms with Crippen molar-refractivity contribution in [3.8, 4) is 0 Å². The lowest BCUT2D eigenvalue weighted by atomic mass is 9.71. The van der Waals surface area contributed by atoms with E-state index >= 15 is 0 Å². The molecule has 2 aliphatic rings. The van der Waals surface area contributed by atoms with Crippen molar-refractivity contribution in [3.63, 3.8) is 0 Å². The van der Waals surface area contributed by atoms with Crippen LogP contribution in [0.5, 0.6) is 0 Å². The van der Waals surface area contributed by atoms with E-state index < -0.39 is 0 Å². The lowest BCUT2D eigenvalue weighted by Crippen LogP contribution is -2.49. The van der Waals surface area contributed by atoms with Crippen molar-refractivity contribution >= 4 is 5.91 Å². The maximum Gasteiger partial charge on any atom is 0.220 e. The summed E-state index contributed by atoms with van der Waals surface area (Å²) in [5.41, 5.74) is 6.13. The third-order valence-electron chi connectivity index (χ3n) is 4.50. The maximum absolute atomic E-state index is 12.1. The van der Waals surface area contributed by atoms with Gasteiger partial charge in [-0.3, -0.25) is 4.79 Å². The van der Waals surface area contributed by atoms with Crippen LogP contribution in [0.25, 0.3) is 0 Å². The average Bonchev–Trinajstić information content (AvgIpc) is 2.35. The number of ether oxygens (including phenoxy) is 1. The molecule has 4 nitrogen and oxygen atoms in total. The number of hydrogen-bond acceptors (Lipinski definition) is 3. The Hall–Kier alpha value is -0.610. The van der Waals surface area contributed by atoms with Crippen molar-refractivity contribution in [1.82, 2.24) is 5.32 Å². The molecule has 0 spiro atoms. The summed E-state index contributed by atoms with van der Waals surface area (Å²) in [5, 5.41) is 3.06. The molecule has 1 amide bonds. The van der Waals surface area contributed by atoms with Crippen molar-refractivity contribution < 1.29 is 9.53 Å². The smallest absolute Gasteiger partial charge is 0.220 e. The first-order chi connectivity index (χ1) is 8.58. The molecule has 2 rings (SSSR count). The molecule has 1 saturated carbocycles. The minimum absolute atomic E-state index is 0.0688. The van der Waals surface area contributed by atoms with E-state index in [1.807, 2.05) is 0 Å². The van der Waals surface area contributed by atoms with Crippen LogP contribution in [0.4, 0.5) is 0 Å². The summed E-state index contributed by atoms with van der Waals surface area (Å²) >= 11 is 0. The zero-order valence-corrected chi connectivity index (χ0v) is 11.5. The molecular formula is C14H26N2O2. The highest BCUT2D eigenvalue weighted by Crippen LogP contribution is 2.38. The molecule has 0 radical (unpaired) electrons. The van der Waals surface area contributed by atoms with Crippen LogP contribution in [0, 0.1) is 10.8 Å². The second-order valence-corrected chi connectivity index (χ2v) is 6.52. The van der Waals surface area contributed by atoms with Crippen LogP contribution >= 0.6 is 0 Å². The largest absolute Gasteiger partial charge is 0.380 e. The first-order valence-corrected chi connectivity index (χ1v) is 7.12. The third-order valence-corrected chi connectivity index (χ3v) is 4.50. The minimum Gasteiger partial charge on any atom is -0.380 e. The van der Waals surface area contributed by atoms with Gasteiger partial charge in [-0.1, -0.05) is 26.2 Å². The molecule has 4 heteroatoms. The molecule has 1 heterocycles. The predicted molar refractivity (Wildman–Crippen MR) is 71.1 cm³/mol. The van der Waals surface area contributed by atoms with Crippen molar-refractivity contribution in [2.24, 2.45) is 16.6 Å². The van der Waals surface area contributed by atoms with E-state index in [0.29, 0.717) is 13.0 Å². The highest BCUT2D eigenvalue weighted by molar-refractivity contribution is 5.76. The predicted octanol–water partition coefficient (Wildman–Crippen LogP) is 1.44. The Morgan fingerprint density at radius 2 is 1.94 bits per heavy atom. The van der Waals surface area contributed by atoms with Gasteiger partial charge in [0.15, 0.2) is 0 Å². The summed E-state index contributed by atoms with van der Waals surface area (Å²) < 4.78 is 5.19. The number of carbonyl (C=O) groups excluding carboxylic acids is 1. The van der Waals surface area contributed by atoms with Crippen LogP contribution in [0.15, 0.2) is 0 Å². The summed E-state index contributed by atoms with van der Waals surface area (Å²) in [6.45, 7) is 5.04. The number of amides is 1. The van der Waals surface area contributed by atoms with Gasteiger partial charge in [0.25, 0.3) is 0 Å². The fourth-order valence-corrected chi connectivity index (χ4v) is 3.02. The highest BCUT2D eigenvalue weighted by atomic mass is 16.5. The van der Waals surface area contributed by atoms with Gasteiger partial charge in [-0.25, -0.2) is 0 Å². The van der Waals surface area contributed by atoms with Gasteiger partial charge in [-0.15, -0.1) is 0 Å². The van der Waals surface area contributed by atoms with Crippen LogP contribution in [-0.4, -0.2) is 32.2 Å². The van der Waals surface area contributed by atoms with Crippen molar-refractivity contribution in [2.75, 3.05) is 26.3 Å². The molecule has 0 unspecified atom stereocenters. The highest BCUT2D eigenvalue weighted by Gasteiger charge is 2.36. The first-order valence-electron chi connectivity index (χ1n) is 7.12. The molecule has 0 aromatic carbocycles. The maximum atomic E-state index is 12.1. The molecule has 1 saturated heterocycles. The molecule has 1 aliphatic heterocycles. The van der Waals surface area contributed by atoms with Gasteiger partial charge in [-0.05, 0) is 24.8 Å². The fraction of sp³-hybridized carbons (Fsp3) is 0.929. The van der Waals surface area contributed by atoms with Crippen LogP contribution < -0.4 is 11.1 Å². The molecule has 0 aromatic heterocycles. The average molecular weight is 254 g/mol. The van der Waals surface area contributed by atoms with Crippen LogP contribution in [-0.2, 0) is 9.53 Å². The van der Waals surface area contributed by atoms with E-state index in [-0.39, 0.29) is 16.7 Å². The van der Waals surface area contributed by atoms with E-state index in [2.05, 4.69) is 12.2 Å². The van der Waals surface area contributed by atoms with Crippen molar-refractivity contribution in [2.45, 2.75) is 45.4 Å². The van der Waals surface area contributed by atoms with Crippen LogP contribution in [0.2, 0.25) is 0 Å². The number of hydrogen-bond donors (Lipinski definition) is 2. The Balaban J connectivity index is 1.78. The van der Waals surface area contributed by atoms with E-state index in [1.165, 1.54) is 19.3 Å². The van der Waals surface area contributed by atoms with Crippen molar-refractivity contribution in [1.29, 1.82) is 0 Å². The standard InChI is InChI=1S/C14H26N2O2/c1-13(10-18-11-13)9-16-12(17)7-14(8-15)5-3-2-4-6-14/h2-11,15H2,1H3,(H,16,17). The summed E-state index contributed by atoms with van der Waals surface area (Å²) in [4.78, 5) is 12.1. The molecule has 0 aromatic rings. The molecule has 0 atom stereocenters. The zero-order chi connectivity index (χ0) is 13.1. The van der Waals surface area contributed by atoms with Gasteiger partial charge in [0, 0.05) is 18.4 Å². The third kappa shape index (κ3) is 3.23. The summed E-state index contributed by atoms with van der Waals surface area (Å²) in [6.07, 6.45) is 6.54.